The Morgan fingerprint density at radius 2 is 1.60 bits per heavy atom. The first-order valence-corrected chi connectivity index (χ1v) is 11.0. The maximum absolute atomic E-state index is 5.32. The van der Waals surface area contributed by atoms with E-state index in [1.165, 1.54) is 33.5 Å². The lowest BCUT2D eigenvalue weighted by Gasteiger charge is -2.31. The lowest BCUT2D eigenvalue weighted by atomic mass is 9.79. The lowest BCUT2D eigenvalue weighted by Crippen LogP contribution is -2.19. The summed E-state index contributed by atoms with van der Waals surface area (Å²) in [4.78, 5) is 10.2. The molecule has 0 spiro atoms. The van der Waals surface area contributed by atoms with Crippen LogP contribution in [0.3, 0.4) is 0 Å². The van der Waals surface area contributed by atoms with Gasteiger partial charge in [0.2, 0.25) is 0 Å². The van der Waals surface area contributed by atoms with Crippen molar-refractivity contribution in [3.05, 3.63) is 77.0 Å². The molecule has 0 saturated heterocycles. The summed E-state index contributed by atoms with van der Waals surface area (Å²) in [5, 5.41) is 0. The van der Waals surface area contributed by atoms with Gasteiger partial charge >= 0.3 is 0 Å². The van der Waals surface area contributed by atoms with Crippen molar-refractivity contribution in [2.75, 3.05) is 0 Å². The molecule has 2 unspecified atom stereocenters. The van der Waals surface area contributed by atoms with Gasteiger partial charge in [-0.1, -0.05) is 76.2 Å². The van der Waals surface area contributed by atoms with Crippen LogP contribution in [0.2, 0.25) is 0 Å². The molecule has 30 heavy (non-hydrogen) atoms. The van der Waals surface area contributed by atoms with Gasteiger partial charge in [-0.05, 0) is 34.6 Å². The van der Waals surface area contributed by atoms with Crippen molar-refractivity contribution in [1.29, 1.82) is 0 Å². The van der Waals surface area contributed by atoms with Crippen LogP contribution in [-0.4, -0.2) is 15.8 Å². The van der Waals surface area contributed by atoms with E-state index in [4.69, 9.17) is 9.98 Å². The molecule has 3 heteroatoms. The van der Waals surface area contributed by atoms with Crippen molar-refractivity contribution in [1.82, 2.24) is 9.55 Å². The third kappa shape index (κ3) is 2.72. The first kappa shape index (κ1) is 19.0. The summed E-state index contributed by atoms with van der Waals surface area (Å²) in [6.07, 6.45) is 6.30. The monoisotopic (exact) mass is 395 g/mol. The number of hydrogen-bond acceptors (Lipinski definition) is 2. The number of imidazole rings is 1. The first-order chi connectivity index (χ1) is 14.5. The molecule has 0 fully saturated rings. The van der Waals surface area contributed by atoms with Gasteiger partial charge in [-0.3, -0.25) is 4.99 Å². The molecule has 0 radical (unpaired) electrons. The van der Waals surface area contributed by atoms with E-state index in [0.29, 0.717) is 11.8 Å². The van der Waals surface area contributed by atoms with E-state index >= 15 is 0 Å². The maximum Gasteiger partial charge on any atom is 0.141 e. The summed E-state index contributed by atoms with van der Waals surface area (Å²) in [5.74, 6) is 2.17. The molecule has 0 N–H and O–H groups in total. The average molecular weight is 396 g/mol. The molecular formula is C27H29N3. The largest absolute Gasteiger partial charge is 0.330 e. The third-order valence-corrected chi connectivity index (χ3v) is 6.58. The number of benzene rings is 2. The van der Waals surface area contributed by atoms with Crippen LogP contribution in [-0.2, 0) is 7.05 Å². The van der Waals surface area contributed by atoms with Gasteiger partial charge in [0.15, 0.2) is 0 Å². The van der Waals surface area contributed by atoms with Gasteiger partial charge in [0.05, 0.1) is 17.4 Å². The highest BCUT2D eigenvalue weighted by Crippen LogP contribution is 2.50. The van der Waals surface area contributed by atoms with Gasteiger partial charge in [0, 0.05) is 30.3 Å². The number of rotatable bonds is 3. The summed E-state index contributed by atoms with van der Waals surface area (Å²) in [6.45, 7) is 9.09. The van der Waals surface area contributed by atoms with Crippen LogP contribution in [0.4, 0.5) is 0 Å². The van der Waals surface area contributed by atoms with Crippen LogP contribution >= 0.6 is 0 Å². The van der Waals surface area contributed by atoms with Gasteiger partial charge in [-0.25, -0.2) is 4.98 Å². The molecule has 3 aromatic rings. The van der Waals surface area contributed by atoms with E-state index in [1.54, 1.807) is 0 Å². The standard InChI is InChI=1S/C27H29N3/c1-16(2)18-12-8-13-19(17(3)4)23(18)27-29-25-21-11-7-6-10-20(21)24-22(14-9-15-28-24)26(25)30(27)5/h6-17,22,24H,1-5H3. The molecule has 1 aromatic heterocycles. The summed E-state index contributed by atoms with van der Waals surface area (Å²) < 4.78 is 2.33. The highest BCUT2D eigenvalue weighted by atomic mass is 15.1. The Kier molecular flexibility index (Phi) is 4.50. The van der Waals surface area contributed by atoms with E-state index < -0.39 is 0 Å². The van der Waals surface area contributed by atoms with Gasteiger partial charge < -0.3 is 4.57 Å². The Bertz CT molecular complexity index is 1150. The van der Waals surface area contributed by atoms with Crippen molar-refractivity contribution in [2.45, 2.75) is 51.5 Å². The second-order valence-electron chi connectivity index (χ2n) is 9.09. The molecule has 2 aromatic carbocycles. The Balaban J connectivity index is 1.82. The second kappa shape index (κ2) is 7.09. The van der Waals surface area contributed by atoms with Crippen molar-refractivity contribution in [2.24, 2.45) is 12.0 Å². The zero-order valence-corrected chi connectivity index (χ0v) is 18.4. The minimum Gasteiger partial charge on any atom is -0.330 e. The van der Waals surface area contributed by atoms with Crippen LogP contribution in [0.15, 0.2) is 59.6 Å². The molecule has 152 valence electrons. The van der Waals surface area contributed by atoms with Crippen molar-refractivity contribution in [3.8, 4) is 22.6 Å². The smallest absolute Gasteiger partial charge is 0.141 e. The Labute approximate surface area is 179 Å². The second-order valence-corrected chi connectivity index (χ2v) is 9.09. The SMILES string of the molecule is CC(C)c1cccc(C(C)C)c1-c1nc2c(n1C)C1C=CC=NC1c1ccccc1-2. The molecule has 0 saturated carbocycles. The van der Waals surface area contributed by atoms with E-state index in [2.05, 4.69) is 93.9 Å². The fourth-order valence-electron chi connectivity index (χ4n) is 5.12. The van der Waals surface area contributed by atoms with Crippen LogP contribution in [0.1, 0.15) is 73.9 Å². The Morgan fingerprint density at radius 1 is 0.900 bits per heavy atom. The van der Waals surface area contributed by atoms with Crippen molar-refractivity contribution < 1.29 is 0 Å². The molecule has 2 atom stereocenters. The Morgan fingerprint density at radius 3 is 2.30 bits per heavy atom. The van der Waals surface area contributed by atoms with Crippen LogP contribution < -0.4 is 0 Å². The molecule has 2 aliphatic rings. The molecule has 5 rings (SSSR count). The quantitative estimate of drug-likeness (QED) is 0.481. The fraction of sp³-hybridized carbons (Fsp3) is 0.333. The van der Waals surface area contributed by atoms with Crippen LogP contribution in [0.25, 0.3) is 22.6 Å². The number of fused-ring (bicyclic) bond motifs is 6. The summed E-state index contributed by atoms with van der Waals surface area (Å²) in [6, 6.07) is 15.5. The molecule has 2 heterocycles. The minimum absolute atomic E-state index is 0.131. The van der Waals surface area contributed by atoms with Gasteiger partial charge in [-0.2, -0.15) is 0 Å². The number of aromatic nitrogens is 2. The van der Waals surface area contributed by atoms with E-state index in [-0.39, 0.29) is 12.0 Å². The van der Waals surface area contributed by atoms with Crippen LogP contribution in [0, 0.1) is 0 Å². The minimum atomic E-state index is 0.131. The maximum atomic E-state index is 5.32. The van der Waals surface area contributed by atoms with E-state index in [1.807, 2.05) is 6.21 Å². The molecule has 0 bridgehead atoms. The predicted octanol–water partition coefficient (Wildman–Crippen LogP) is 6.78. The van der Waals surface area contributed by atoms with E-state index in [9.17, 15) is 0 Å². The highest BCUT2D eigenvalue weighted by Gasteiger charge is 2.37. The normalized spacial score (nSPS) is 19.2. The van der Waals surface area contributed by atoms with Gasteiger partial charge in [0.25, 0.3) is 0 Å². The number of allylic oxidation sites excluding steroid dienone is 1. The van der Waals surface area contributed by atoms with Crippen LogP contribution in [0.5, 0.6) is 0 Å². The zero-order valence-electron chi connectivity index (χ0n) is 18.4. The molecule has 1 aliphatic heterocycles. The topological polar surface area (TPSA) is 30.2 Å². The summed E-state index contributed by atoms with van der Waals surface area (Å²) >= 11 is 0. The molecule has 1 aliphatic carbocycles. The summed E-state index contributed by atoms with van der Waals surface area (Å²) in [7, 11) is 2.18. The highest BCUT2D eigenvalue weighted by molar-refractivity contribution is 5.80. The van der Waals surface area contributed by atoms with Gasteiger partial charge in [-0.15, -0.1) is 0 Å². The number of hydrogen-bond donors (Lipinski definition) is 0. The molecule has 0 amide bonds. The zero-order chi connectivity index (χ0) is 21.0. The fourth-order valence-corrected chi connectivity index (χ4v) is 5.12. The first-order valence-electron chi connectivity index (χ1n) is 11.0. The van der Waals surface area contributed by atoms with E-state index in [0.717, 1.165) is 11.5 Å². The molecular weight excluding hydrogens is 366 g/mol. The number of dihydropyridines is 1. The number of aliphatic imine (C=N–C) groups is 1. The predicted molar refractivity (Wildman–Crippen MR) is 125 cm³/mol. The Hall–Kier alpha value is -2.94. The third-order valence-electron chi connectivity index (χ3n) is 6.58. The lowest BCUT2D eigenvalue weighted by molar-refractivity contribution is 0.602. The molecule has 3 nitrogen and oxygen atoms in total. The van der Waals surface area contributed by atoms with Crippen molar-refractivity contribution in [3.63, 3.8) is 0 Å². The number of nitrogens with zero attached hydrogens (tertiary/aromatic N) is 3. The summed E-state index contributed by atoms with van der Waals surface area (Å²) in [5.41, 5.74) is 8.92. The average Bonchev–Trinajstić information content (AvgIpc) is 3.10. The van der Waals surface area contributed by atoms with Crippen molar-refractivity contribution >= 4 is 6.21 Å². The van der Waals surface area contributed by atoms with Gasteiger partial charge in [0.1, 0.15) is 5.82 Å².